The van der Waals surface area contributed by atoms with Gasteiger partial charge >= 0.3 is 18.1 Å². The fourth-order valence-corrected chi connectivity index (χ4v) is 4.48. The molecule has 0 aliphatic carbocycles. The Morgan fingerprint density at radius 2 is 1.71 bits per heavy atom. The predicted molar refractivity (Wildman–Crippen MR) is 153 cm³/mol. The number of hydrogen-bond acceptors (Lipinski definition) is 10. The summed E-state index contributed by atoms with van der Waals surface area (Å²) in [5, 5.41) is 26.9. The van der Waals surface area contributed by atoms with Gasteiger partial charge in [-0.25, -0.2) is 19.1 Å². The molecule has 0 bridgehead atoms. The molecule has 1 aliphatic rings. The van der Waals surface area contributed by atoms with Crippen LogP contribution in [0.3, 0.4) is 0 Å². The van der Waals surface area contributed by atoms with Gasteiger partial charge in [0.2, 0.25) is 0 Å². The molecular formula is C28H28F3N7O7. The number of anilines is 3. The Morgan fingerprint density at radius 3 is 2.33 bits per heavy atom. The average Bonchev–Trinajstić information content (AvgIpc) is 3.50. The Hall–Kier alpha value is -5.61. The van der Waals surface area contributed by atoms with E-state index in [0.29, 0.717) is 40.9 Å². The summed E-state index contributed by atoms with van der Waals surface area (Å²) in [6.45, 7) is 1.42. The highest BCUT2D eigenvalue weighted by atomic mass is 19.4. The van der Waals surface area contributed by atoms with Crippen LogP contribution >= 0.6 is 0 Å². The number of hydrogen-bond donors (Lipinski definition) is 4. The maximum atomic E-state index is 12.8. The third-order valence-electron chi connectivity index (χ3n) is 6.62. The summed E-state index contributed by atoms with van der Waals surface area (Å²) >= 11 is 0. The van der Waals surface area contributed by atoms with E-state index in [1.54, 1.807) is 23.8 Å². The molecule has 0 radical (unpaired) electrons. The van der Waals surface area contributed by atoms with Crippen LogP contribution < -0.4 is 25.0 Å². The topological polar surface area (TPSA) is 181 Å². The fourth-order valence-electron chi connectivity index (χ4n) is 4.48. The molecule has 0 saturated carbocycles. The molecule has 238 valence electrons. The molecule has 1 saturated heterocycles. The molecule has 4 N–H and O–H groups in total. The molecule has 14 nitrogen and oxygen atoms in total. The minimum absolute atomic E-state index is 0.0780. The van der Waals surface area contributed by atoms with Crippen LogP contribution in [-0.2, 0) is 4.79 Å². The minimum atomic E-state index is -5.08. The summed E-state index contributed by atoms with van der Waals surface area (Å²) in [4.78, 5) is 43.8. The number of alkyl halides is 3. The van der Waals surface area contributed by atoms with Crippen LogP contribution in [0.1, 0.15) is 33.6 Å². The zero-order valence-electron chi connectivity index (χ0n) is 23.9. The first-order valence-electron chi connectivity index (χ1n) is 13.3. The molecule has 4 heterocycles. The minimum Gasteiger partial charge on any atom is -0.491 e. The SMILES string of the molecule is COc1ccc(Nc2cc(N3CCCC(NC(=O)c4ccc(C(=O)O)cc4)C3)cn3ncnc23)nc1OC.O=C(O)C(F)(F)F. The number of carboxylic acid groups (broad SMARTS) is 2. The van der Waals surface area contributed by atoms with Crippen LogP contribution in [0.4, 0.5) is 30.4 Å². The summed E-state index contributed by atoms with van der Waals surface area (Å²) in [5.74, 6) is -2.57. The van der Waals surface area contributed by atoms with Crippen LogP contribution in [0.15, 0.2) is 55.0 Å². The number of benzene rings is 1. The van der Waals surface area contributed by atoms with Gasteiger partial charge in [-0.1, -0.05) is 0 Å². The van der Waals surface area contributed by atoms with Gasteiger partial charge in [0.15, 0.2) is 11.4 Å². The van der Waals surface area contributed by atoms with E-state index in [4.69, 9.17) is 24.5 Å². The molecule has 4 aromatic rings. The maximum Gasteiger partial charge on any atom is 0.490 e. The third kappa shape index (κ3) is 8.07. The van der Waals surface area contributed by atoms with Crippen molar-refractivity contribution < 1.29 is 47.2 Å². The highest BCUT2D eigenvalue weighted by Gasteiger charge is 2.38. The van der Waals surface area contributed by atoms with Crippen LogP contribution in [-0.4, -0.2) is 87.2 Å². The lowest BCUT2D eigenvalue weighted by molar-refractivity contribution is -0.192. The van der Waals surface area contributed by atoms with E-state index in [-0.39, 0.29) is 17.5 Å². The average molecular weight is 632 g/mol. The second kappa shape index (κ2) is 13.8. The number of aliphatic carboxylic acids is 1. The number of pyridine rings is 2. The molecule has 3 aromatic heterocycles. The number of amides is 1. The molecule has 0 spiro atoms. The Morgan fingerprint density at radius 1 is 1.02 bits per heavy atom. The predicted octanol–water partition coefficient (Wildman–Crippen LogP) is 3.62. The number of nitrogens with zero attached hydrogens (tertiary/aromatic N) is 5. The van der Waals surface area contributed by atoms with E-state index in [0.717, 1.165) is 25.1 Å². The van der Waals surface area contributed by atoms with Crippen LogP contribution in [0.25, 0.3) is 5.65 Å². The lowest BCUT2D eigenvalue weighted by Gasteiger charge is -2.35. The molecule has 1 amide bonds. The quantitative estimate of drug-likeness (QED) is 0.222. The number of halogens is 3. The van der Waals surface area contributed by atoms with E-state index in [1.165, 1.54) is 37.7 Å². The first kappa shape index (κ1) is 32.3. The standard InChI is InChI=1S/C26H27N7O5.C2HF3O2/c1-37-21-9-10-22(31-25(21)38-2)30-20-12-19(14-33-23(20)27-15-28-33)32-11-3-4-18(13-32)29-24(34)16-5-7-17(8-6-16)26(35)36;3-2(4,5)1(6)7/h5-10,12,14-15,18H,3-4,11,13H2,1-2H3,(H,29,34)(H,30,31)(H,35,36);(H,6,7). The number of aromatic carboxylic acids is 1. The van der Waals surface area contributed by atoms with Crippen LogP contribution in [0.5, 0.6) is 11.6 Å². The Labute approximate surface area is 253 Å². The van der Waals surface area contributed by atoms with Crippen LogP contribution in [0.2, 0.25) is 0 Å². The van der Waals surface area contributed by atoms with Crippen molar-refractivity contribution in [3.05, 3.63) is 66.1 Å². The van der Waals surface area contributed by atoms with Gasteiger partial charge in [-0.05, 0) is 55.3 Å². The highest BCUT2D eigenvalue weighted by molar-refractivity contribution is 5.96. The monoisotopic (exact) mass is 631 g/mol. The number of fused-ring (bicyclic) bond motifs is 1. The number of rotatable bonds is 8. The third-order valence-corrected chi connectivity index (χ3v) is 6.62. The van der Waals surface area contributed by atoms with Crippen LogP contribution in [0, 0.1) is 0 Å². The summed E-state index contributed by atoms with van der Waals surface area (Å²) in [7, 11) is 3.09. The van der Waals surface area contributed by atoms with Gasteiger partial charge in [0.25, 0.3) is 11.8 Å². The van der Waals surface area contributed by atoms with Gasteiger partial charge in [0, 0.05) is 24.7 Å². The molecular weight excluding hydrogens is 603 g/mol. The smallest absolute Gasteiger partial charge is 0.490 e. The van der Waals surface area contributed by atoms with Crippen molar-refractivity contribution in [1.29, 1.82) is 0 Å². The van der Waals surface area contributed by atoms with Crippen molar-refractivity contribution in [2.24, 2.45) is 0 Å². The lowest BCUT2D eigenvalue weighted by atomic mass is 10.0. The number of nitrogens with one attached hydrogen (secondary N) is 2. The normalized spacial score (nSPS) is 14.6. The molecule has 1 unspecified atom stereocenters. The van der Waals surface area contributed by atoms with E-state index in [2.05, 4.69) is 30.6 Å². The second-order valence-corrected chi connectivity index (χ2v) is 9.62. The number of carbonyl (C=O) groups is 3. The van der Waals surface area contributed by atoms with E-state index < -0.39 is 18.1 Å². The van der Waals surface area contributed by atoms with Crippen molar-refractivity contribution in [2.45, 2.75) is 25.1 Å². The van der Waals surface area contributed by atoms with Gasteiger partial charge in [-0.2, -0.15) is 23.3 Å². The zero-order chi connectivity index (χ0) is 32.7. The first-order valence-corrected chi connectivity index (χ1v) is 13.3. The van der Waals surface area contributed by atoms with Gasteiger partial charge in [-0.3, -0.25) is 4.79 Å². The number of aromatic nitrogens is 4. The van der Waals surface area contributed by atoms with Crippen molar-refractivity contribution in [3.8, 4) is 11.6 Å². The van der Waals surface area contributed by atoms with Crippen molar-refractivity contribution in [3.63, 3.8) is 0 Å². The van der Waals surface area contributed by atoms with E-state index >= 15 is 0 Å². The summed E-state index contributed by atoms with van der Waals surface area (Å²) < 4.78 is 44.0. The molecule has 1 aliphatic heterocycles. The van der Waals surface area contributed by atoms with Gasteiger partial charge in [0.1, 0.15) is 12.1 Å². The van der Waals surface area contributed by atoms with E-state index in [1.807, 2.05) is 12.3 Å². The number of carbonyl (C=O) groups excluding carboxylic acids is 1. The zero-order valence-corrected chi connectivity index (χ0v) is 23.9. The van der Waals surface area contributed by atoms with Crippen molar-refractivity contribution >= 4 is 40.7 Å². The summed E-state index contributed by atoms with van der Waals surface area (Å²) in [5.41, 5.74) is 2.82. The molecule has 1 aromatic carbocycles. The molecule has 1 atom stereocenters. The van der Waals surface area contributed by atoms with Gasteiger partial charge in [0.05, 0.1) is 37.4 Å². The Bertz CT molecular complexity index is 1680. The second-order valence-electron chi connectivity index (χ2n) is 9.62. The fraction of sp³-hybridized carbons (Fsp3) is 0.286. The Kier molecular flexibility index (Phi) is 9.90. The van der Waals surface area contributed by atoms with Gasteiger partial charge < -0.3 is 35.2 Å². The molecule has 45 heavy (non-hydrogen) atoms. The number of ether oxygens (including phenoxy) is 2. The summed E-state index contributed by atoms with van der Waals surface area (Å²) in [6, 6.07) is 11.4. The first-order chi connectivity index (χ1) is 21.4. The number of piperidine rings is 1. The van der Waals surface area contributed by atoms with Crippen molar-refractivity contribution in [1.82, 2.24) is 24.9 Å². The lowest BCUT2D eigenvalue weighted by Crippen LogP contribution is -2.47. The molecule has 17 heteroatoms. The summed E-state index contributed by atoms with van der Waals surface area (Å²) in [6.07, 6.45) is 0.0333. The molecule has 5 rings (SSSR count). The van der Waals surface area contributed by atoms with E-state index in [9.17, 15) is 22.8 Å². The highest BCUT2D eigenvalue weighted by Crippen LogP contribution is 2.31. The molecule has 1 fully saturated rings. The largest absolute Gasteiger partial charge is 0.491 e. The maximum absolute atomic E-state index is 12.8. The number of methoxy groups -OCH3 is 2. The number of carboxylic acids is 2. The Balaban J connectivity index is 0.000000591. The van der Waals surface area contributed by atoms with Gasteiger partial charge in [-0.15, -0.1) is 0 Å². The van der Waals surface area contributed by atoms with Crippen molar-refractivity contribution in [2.75, 3.05) is 37.5 Å².